The van der Waals surface area contributed by atoms with Gasteiger partial charge in [-0.05, 0) is 24.5 Å². The van der Waals surface area contributed by atoms with Crippen molar-refractivity contribution in [3.05, 3.63) is 34.2 Å². The van der Waals surface area contributed by atoms with Gasteiger partial charge in [0.1, 0.15) is 11.7 Å². The zero-order chi connectivity index (χ0) is 16.1. The van der Waals surface area contributed by atoms with Gasteiger partial charge in [0, 0.05) is 38.9 Å². The summed E-state index contributed by atoms with van der Waals surface area (Å²) in [6.45, 7) is 6.70. The summed E-state index contributed by atoms with van der Waals surface area (Å²) in [7, 11) is 0. The second-order valence-electron chi connectivity index (χ2n) is 6.22. The van der Waals surface area contributed by atoms with Gasteiger partial charge in [0.25, 0.3) is 11.5 Å². The minimum atomic E-state index is -0.741. The summed E-state index contributed by atoms with van der Waals surface area (Å²) in [5.74, 6) is 0.177. The number of pyridine rings is 1. The Balaban J connectivity index is 1.93. The molecule has 2 rings (SSSR count). The monoisotopic (exact) mass is 309 g/mol. The van der Waals surface area contributed by atoms with Crippen LogP contribution in [0.3, 0.4) is 0 Å². The molecule has 0 unspecified atom stereocenters. The van der Waals surface area contributed by atoms with Gasteiger partial charge < -0.3 is 9.88 Å². The third-order valence-electron chi connectivity index (χ3n) is 3.84. The second kappa shape index (κ2) is 7.54. The van der Waals surface area contributed by atoms with Gasteiger partial charge in [-0.15, -0.1) is 0 Å². The number of nitrogens with zero attached hydrogens (tertiary/aromatic N) is 2. The standard InChI is InChI=1S/C16H24FN3O2/c1-12(2)5-6-18-15(21)14-4-3-7-20(16(14)22)9-8-19-10-13(17)11-19/h3-4,7,12-13H,5-6,8-11H2,1-2H3,(H,18,21). The van der Waals surface area contributed by atoms with Crippen molar-refractivity contribution < 1.29 is 9.18 Å². The minimum Gasteiger partial charge on any atom is -0.352 e. The molecule has 1 amide bonds. The Morgan fingerprint density at radius 3 is 2.77 bits per heavy atom. The highest BCUT2D eigenvalue weighted by Crippen LogP contribution is 2.10. The lowest BCUT2D eigenvalue weighted by molar-refractivity contribution is 0.0625. The van der Waals surface area contributed by atoms with Crippen LogP contribution in [0, 0.1) is 5.92 Å². The number of carbonyl (C=O) groups excluding carboxylic acids is 1. The van der Waals surface area contributed by atoms with Crippen molar-refractivity contribution in [2.45, 2.75) is 33.0 Å². The van der Waals surface area contributed by atoms with Crippen LogP contribution in [0.15, 0.2) is 23.1 Å². The normalized spacial score (nSPS) is 15.8. The molecule has 0 bridgehead atoms. The summed E-state index contributed by atoms with van der Waals surface area (Å²) in [5, 5.41) is 2.78. The van der Waals surface area contributed by atoms with Gasteiger partial charge in [-0.3, -0.25) is 14.5 Å². The molecule has 0 aromatic carbocycles. The molecule has 0 aliphatic carbocycles. The summed E-state index contributed by atoms with van der Waals surface area (Å²) in [6.07, 6.45) is 1.81. The van der Waals surface area contributed by atoms with Gasteiger partial charge in [-0.25, -0.2) is 4.39 Å². The maximum absolute atomic E-state index is 12.8. The van der Waals surface area contributed by atoms with Crippen LogP contribution in [0.1, 0.15) is 30.6 Å². The van der Waals surface area contributed by atoms with Crippen molar-refractivity contribution in [2.75, 3.05) is 26.2 Å². The molecular weight excluding hydrogens is 285 g/mol. The summed E-state index contributed by atoms with van der Waals surface area (Å²) >= 11 is 0. The van der Waals surface area contributed by atoms with Gasteiger partial charge in [0.2, 0.25) is 0 Å². The molecule has 1 aromatic heterocycles. The average molecular weight is 309 g/mol. The molecule has 1 aliphatic rings. The summed E-state index contributed by atoms with van der Waals surface area (Å²) in [4.78, 5) is 26.3. The zero-order valence-corrected chi connectivity index (χ0v) is 13.2. The maximum atomic E-state index is 12.8. The number of halogens is 1. The highest BCUT2D eigenvalue weighted by atomic mass is 19.1. The number of likely N-dealkylation sites (tertiary alicyclic amines) is 1. The van der Waals surface area contributed by atoms with E-state index in [4.69, 9.17) is 0 Å². The SMILES string of the molecule is CC(C)CCNC(=O)c1cccn(CCN2CC(F)C2)c1=O. The molecule has 122 valence electrons. The first kappa shape index (κ1) is 16.7. The molecular formula is C16H24FN3O2. The Bertz CT molecular complexity index is 565. The van der Waals surface area contributed by atoms with Gasteiger partial charge in [-0.1, -0.05) is 13.8 Å². The lowest BCUT2D eigenvalue weighted by atomic mass is 10.1. The fourth-order valence-corrected chi connectivity index (χ4v) is 2.39. The Labute approximate surface area is 130 Å². The predicted molar refractivity (Wildman–Crippen MR) is 83.8 cm³/mol. The molecule has 0 radical (unpaired) electrons. The molecule has 0 atom stereocenters. The number of carbonyl (C=O) groups is 1. The van der Waals surface area contributed by atoms with E-state index in [1.54, 1.807) is 18.3 Å². The molecule has 1 fully saturated rings. The lowest BCUT2D eigenvalue weighted by Crippen LogP contribution is -2.49. The largest absolute Gasteiger partial charge is 0.352 e. The summed E-state index contributed by atoms with van der Waals surface area (Å²) in [5.41, 5.74) is -0.125. The average Bonchev–Trinajstić information content (AvgIpc) is 2.43. The second-order valence-corrected chi connectivity index (χ2v) is 6.22. The van der Waals surface area contributed by atoms with Crippen LogP contribution in [0.25, 0.3) is 0 Å². The van der Waals surface area contributed by atoms with Crippen molar-refractivity contribution in [2.24, 2.45) is 5.92 Å². The molecule has 0 saturated carbocycles. The van der Waals surface area contributed by atoms with E-state index >= 15 is 0 Å². The number of nitrogens with one attached hydrogen (secondary N) is 1. The van der Waals surface area contributed by atoms with E-state index in [2.05, 4.69) is 19.2 Å². The number of amides is 1. The van der Waals surface area contributed by atoms with Crippen molar-refractivity contribution in [1.29, 1.82) is 0 Å². The Kier molecular flexibility index (Phi) is 5.71. The highest BCUT2D eigenvalue weighted by Gasteiger charge is 2.25. The van der Waals surface area contributed by atoms with E-state index in [9.17, 15) is 14.0 Å². The Morgan fingerprint density at radius 2 is 2.14 bits per heavy atom. The number of hydrogen-bond donors (Lipinski definition) is 1. The van der Waals surface area contributed by atoms with Crippen LogP contribution in [0.2, 0.25) is 0 Å². The first-order valence-corrected chi connectivity index (χ1v) is 7.81. The van der Waals surface area contributed by atoms with Gasteiger partial charge >= 0.3 is 0 Å². The quantitative estimate of drug-likeness (QED) is 0.825. The van der Waals surface area contributed by atoms with Gasteiger partial charge in [0.15, 0.2) is 0 Å². The van der Waals surface area contributed by atoms with E-state index in [1.165, 1.54) is 4.57 Å². The predicted octanol–water partition coefficient (Wildman–Crippen LogP) is 1.28. The first-order chi connectivity index (χ1) is 10.5. The van der Waals surface area contributed by atoms with Crippen LogP contribution in [0.4, 0.5) is 4.39 Å². The molecule has 2 heterocycles. The highest BCUT2D eigenvalue weighted by molar-refractivity contribution is 5.93. The van der Waals surface area contributed by atoms with E-state index in [-0.39, 0.29) is 17.0 Å². The zero-order valence-electron chi connectivity index (χ0n) is 13.2. The van der Waals surface area contributed by atoms with Gasteiger partial charge in [0.05, 0.1) is 0 Å². The van der Waals surface area contributed by atoms with Crippen LogP contribution in [-0.2, 0) is 6.54 Å². The Hall–Kier alpha value is -1.69. The van der Waals surface area contributed by atoms with Crippen molar-refractivity contribution in [1.82, 2.24) is 14.8 Å². The molecule has 1 saturated heterocycles. The van der Waals surface area contributed by atoms with Crippen LogP contribution in [-0.4, -0.2) is 47.7 Å². The molecule has 1 aromatic rings. The summed E-state index contributed by atoms with van der Waals surface area (Å²) < 4.78 is 14.3. The third-order valence-corrected chi connectivity index (χ3v) is 3.84. The molecule has 6 heteroatoms. The van der Waals surface area contributed by atoms with E-state index in [0.29, 0.717) is 38.6 Å². The molecule has 1 aliphatic heterocycles. The molecule has 22 heavy (non-hydrogen) atoms. The number of rotatable bonds is 7. The van der Waals surface area contributed by atoms with E-state index in [0.717, 1.165) is 6.42 Å². The van der Waals surface area contributed by atoms with E-state index in [1.807, 2.05) is 4.90 Å². The number of alkyl halides is 1. The maximum Gasteiger partial charge on any atom is 0.263 e. The van der Waals surface area contributed by atoms with Gasteiger partial charge in [-0.2, -0.15) is 0 Å². The fraction of sp³-hybridized carbons (Fsp3) is 0.625. The van der Waals surface area contributed by atoms with Crippen LogP contribution >= 0.6 is 0 Å². The number of aromatic nitrogens is 1. The van der Waals surface area contributed by atoms with Crippen LogP contribution < -0.4 is 10.9 Å². The van der Waals surface area contributed by atoms with Crippen LogP contribution in [0.5, 0.6) is 0 Å². The molecule has 5 nitrogen and oxygen atoms in total. The third kappa shape index (κ3) is 4.40. The first-order valence-electron chi connectivity index (χ1n) is 7.81. The van der Waals surface area contributed by atoms with Crippen molar-refractivity contribution >= 4 is 5.91 Å². The minimum absolute atomic E-state index is 0.165. The molecule has 0 spiro atoms. The smallest absolute Gasteiger partial charge is 0.263 e. The Morgan fingerprint density at radius 1 is 1.41 bits per heavy atom. The van der Waals surface area contributed by atoms with Crippen molar-refractivity contribution in [3.63, 3.8) is 0 Å². The molecule has 1 N–H and O–H groups in total. The van der Waals surface area contributed by atoms with Crippen molar-refractivity contribution in [3.8, 4) is 0 Å². The van der Waals surface area contributed by atoms with E-state index < -0.39 is 6.17 Å². The number of hydrogen-bond acceptors (Lipinski definition) is 3. The summed E-state index contributed by atoms with van der Waals surface area (Å²) in [6, 6.07) is 3.25. The fourth-order valence-electron chi connectivity index (χ4n) is 2.39. The lowest BCUT2D eigenvalue weighted by Gasteiger charge is -2.34. The topological polar surface area (TPSA) is 54.3 Å².